The number of rotatable bonds is 5. The fraction of sp³-hybridized carbons (Fsp3) is 0.600. The highest BCUT2D eigenvalue weighted by molar-refractivity contribution is 5.94. The number of nitrogens with zero attached hydrogens (tertiary/aromatic N) is 3. The molecule has 0 aromatic carbocycles. The first kappa shape index (κ1) is 15.9. The molecule has 0 saturated carbocycles. The number of hydrogen-bond donors (Lipinski definition) is 1. The van der Waals surface area contributed by atoms with Gasteiger partial charge in [-0.05, 0) is 12.5 Å². The molecule has 1 amide bonds. The zero-order valence-corrected chi connectivity index (χ0v) is 12.5. The molecule has 21 heavy (non-hydrogen) atoms. The Hall–Kier alpha value is -1.53. The van der Waals surface area contributed by atoms with E-state index in [2.05, 4.69) is 16.8 Å². The average molecular weight is 294 g/mol. The molecular formula is C15H23FN4O. The van der Waals surface area contributed by atoms with Gasteiger partial charge in [0.15, 0.2) is 5.82 Å². The first-order chi connectivity index (χ1) is 10.2. The Kier molecular flexibility index (Phi) is 5.64. The van der Waals surface area contributed by atoms with Gasteiger partial charge in [-0.2, -0.15) is 0 Å². The largest absolute Gasteiger partial charge is 0.336 e. The van der Waals surface area contributed by atoms with Crippen molar-refractivity contribution in [1.82, 2.24) is 14.8 Å². The van der Waals surface area contributed by atoms with E-state index in [1.165, 1.54) is 12.3 Å². The summed E-state index contributed by atoms with van der Waals surface area (Å²) in [5, 5.41) is 0. The van der Waals surface area contributed by atoms with Crippen LogP contribution in [-0.2, 0) is 0 Å². The molecule has 2 N–H and O–H groups in total. The number of piperazine rings is 1. The van der Waals surface area contributed by atoms with Gasteiger partial charge in [-0.1, -0.05) is 13.3 Å². The van der Waals surface area contributed by atoms with Crippen molar-refractivity contribution >= 4 is 5.91 Å². The molecule has 2 rings (SSSR count). The minimum Gasteiger partial charge on any atom is -0.336 e. The van der Waals surface area contributed by atoms with Gasteiger partial charge in [0.2, 0.25) is 0 Å². The van der Waals surface area contributed by atoms with Gasteiger partial charge in [-0.15, -0.1) is 0 Å². The first-order valence-electron chi connectivity index (χ1n) is 7.50. The van der Waals surface area contributed by atoms with Gasteiger partial charge in [0.05, 0.1) is 11.8 Å². The summed E-state index contributed by atoms with van der Waals surface area (Å²) in [6.07, 6.45) is 4.69. The molecule has 116 valence electrons. The zero-order valence-electron chi connectivity index (χ0n) is 12.5. The summed E-state index contributed by atoms with van der Waals surface area (Å²) in [5.74, 6) is -0.815. The van der Waals surface area contributed by atoms with Crippen LogP contribution in [0.5, 0.6) is 0 Å². The maximum Gasteiger partial charge on any atom is 0.257 e. The van der Waals surface area contributed by atoms with Crippen LogP contribution in [0, 0.1) is 5.82 Å². The van der Waals surface area contributed by atoms with Gasteiger partial charge in [0.25, 0.3) is 5.91 Å². The van der Waals surface area contributed by atoms with Crippen LogP contribution in [-0.4, -0.2) is 59.5 Å². The van der Waals surface area contributed by atoms with Crippen molar-refractivity contribution in [2.75, 3.05) is 32.7 Å². The highest BCUT2D eigenvalue weighted by atomic mass is 19.1. The van der Waals surface area contributed by atoms with Crippen molar-refractivity contribution in [3.05, 3.63) is 29.8 Å². The van der Waals surface area contributed by atoms with E-state index >= 15 is 0 Å². The fourth-order valence-corrected chi connectivity index (χ4v) is 2.79. The fourth-order valence-electron chi connectivity index (χ4n) is 2.79. The maximum atomic E-state index is 13.6. The molecule has 1 aliphatic rings. The lowest BCUT2D eigenvalue weighted by molar-refractivity contribution is 0.0562. The van der Waals surface area contributed by atoms with Crippen LogP contribution in [0.4, 0.5) is 4.39 Å². The number of hydrogen-bond acceptors (Lipinski definition) is 4. The molecule has 0 radical (unpaired) electrons. The maximum absolute atomic E-state index is 13.6. The lowest BCUT2D eigenvalue weighted by atomic mass is 10.1. The summed E-state index contributed by atoms with van der Waals surface area (Å²) in [6.45, 7) is 5.59. The van der Waals surface area contributed by atoms with E-state index in [1.54, 1.807) is 4.90 Å². The molecule has 0 spiro atoms. The zero-order chi connectivity index (χ0) is 15.2. The number of nitrogens with two attached hydrogens (primary N) is 1. The minimum atomic E-state index is -0.559. The summed E-state index contributed by atoms with van der Waals surface area (Å²) < 4.78 is 13.6. The molecule has 1 saturated heterocycles. The second-order valence-electron chi connectivity index (χ2n) is 5.36. The van der Waals surface area contributed by atoms with E-state index in [9.17, 15) is 9.18 Å². The van der Waals surface area contributed by atoms with Crippen molar-refractivity contribution in [3.63, 3.8) is 0 Å². The third kappa shape index (κ3) is 3.77. The van der Waals surface area contributed by atoms with Gasteiger partial charge < -0.3 is 10.6 Å². The number of carbonyl (C=O) groups excluding carboxylic acids is 1. The lowest BCUT2D eigenvalue weighted by Crippen LogP contribution is -2.53. The molecule has 1 aliphatic heterocycles. The molecule has 1 aromatic heterocycles. The van der Waals surface area contributed by atoms with Gasteiger partial charge in [0, 0.05) is 45.0 Å². The molecule has 1 aromatic rings. The summed E-state index contributed by atoms with van der Waals surface area (Å²) in [7, 11) is 0. The van der Waals surface area contributed by atoms with Crippen LogP contribution in [0.2, 0.25) is 0 Å². The normalized spacial score (nSPS) is 17.8. The smallest absolute Gasteiger partial charge is 0.257 e. The van der Waals surface area contributed by atoms with E-state index in [-0.39, 0.29) is 11.5 Å². The third-order valence-electron chi connectivity index (χ3n) is 4.01. The standard InChI is InChI=1S/C15H23FN4O/c1-2-3-12(10-17)19-6-8-20(9-7-19)15(21)13-4-5-18-11-14(13)16/h4-5,11-12H,2-3,6-10,17H2,1H3. The van der Waals surface area contributed by atoms with Crippen molar-refractivity contribution in [1.29, 1.82) is 0 Å². The van der Waals surface area contributed by atoms with E-state index in [4.69, 9.17) is 5.73 Å². The van der Waals surface area contributed by atoms with Gasteiger partial charge in [0.1, 0.15) is 0 Å². The highest BCUT2D eigenvalue weighted by Gasteiger charge is 2.26. The highest BCUT2D eigenvalue weighted by Crippen LogP contribution is 2.14. The van der Waals surface area contributed by atoms with Crippen LogP contribution in [0.1, 0.15) is 30.1 Å². The molecule has 0 aliphatic carbocycles. The Morgan fingerprint density at radius 3 is 2.71 bits per heavy atom. The predicted molar refractivity (Wildman–Crippen MR) is 79.4 cm³/mol. The SMILES string of the molecule is CCCC(CN)N1CCN(C(=O)c2ccncc2F)CC1. The Bertz CT molecular complexity index is 474. The van der Waals surface area contributed by atoms with Crippen LogP contribution in [0.15, 0.2) is 18.5 Å². The van der Waals surface area contributed by atoms with Crippen molar-refractivity contribution in [2.24, 2.45) is 5.73 Å². The van der Waals surface area contributed by atoms with Crippen molar-refractivity contribution in [3.8, 4) is 0 Å². The molecule has 5 nitrogen and oxygen atoms in total. The molecule has 1 atom stereocenters. The van der Waals surface area contributed by atoms with Gasteiger partial charge >= 0.3 is 0 Å². The molecule has 1 unspecified atom stereocenters. The summed E-state index contributed by atoms with van der Waals surface area (Å²) >= 11 is 0. The molecule has 0 bridgehead atoms. The Morgan fingerprint density at radius 1 is 1.43 bits per heavy atom. The van der Waals surface area contributed by atoms with Crippen LogP contribution in [0.25, 0.3) is 0 Å². The Morgan fingerprint density at radius 2 is 2.14 bits per heavy atom. The summed E-state index contributed by atoms with van der Waals surface area (Å²) in [5.41, 5.74) is 5.92. The second-order valence-corrected chi connectivity index (χ2v) is 5.36. The number of aromatic nitrogens is 1. The predicted octanol–water partition coefficient (Wildman–Crippen LogP) is 1.11. The summed E-state index contributed by atoms with van der Waals surface area (Å²) in [4.78, 5) is 20.0. The minimum absolute atomic E-state index is 0.0994. The first-order valence-corrected chi connectivity index (χ1v) is 7.50. The second kappa shape index (κ2) is 7.47. The van der Waals surface area contributed by atoms with E-state index in [0.29, 0.717) is 25.7 Å². The van der Waals surface area contributed by atoms with E-state index in [0.717, 1.165) is 32.1 Å². The van der Waals surface area contributed by atoms with E-state index in [1.807, 2.05) is 0 Å². The monoisotopic (exact) mass is 294 g/mol. The van der Waals surface area contributed by atoms with Gasteiger partial charge in [-0.25, -0.2) is 4.39 Å². The quantitative estimate of drug-likeness (QED) is 0.883. The number of halogens is 1. The summed E-state index contributed by atoms with van der Waals surface area (Å²) in [6, 6.07) is 1.81. The molecule has 1 fully saturated rings. The number of amides is 1. The third-order valence-corrected chi connectivity index (χ3v) is 4.01. The topological polar surface area (TPSA) is 62.5 Å². The van der Waals surface area contributed by atoms with Gasteiger partial charge in [-0.3, -0.25) is 14.7 Å². The number of pyridine rings is 1. The van der Waals surface area contributed by atoms with Crippen LogP contribution >= 0.6 is 0 Å². The molecule has 6 heteroatoms. The molecular weight excluding hydrogens is 271 g/mol. The molecule has 2 heterocycles. The average Bonchev–Trinajstić information content (AvgIpc) is 2.52. The van der Waals surface area contributed by atoms with Crippen molar-refractivity contribution in [2.45, 2.75) is 25.8 Å². The van der Waals surface area contributed by atoms with Crippen molar-refractivity contribution < 1.29 is 9.18 Å². The van der Waals surface area contributed by atoms with E-state index < -0.39 is 5.82 Å². The van der Waals surface area contributed by atoms with Crippen LogP contribution < -0.4 is 5.73 Å². The lowest BCUT2D eigenvalue weighted by Gasteiger charge is -2.39. The van der Waals surface area contributed by atoms with Crippen LogP contribution in [0.3, 0.4) is 0 Å². The Balaban J connectivity index is 1.95. The Labute approximate surface area is 124 Å². The number of carbonyl (C=O) groups is 1.